The number of rotatable bonds is 5. The second-order valence-corrected chi connectivity index (χ2v) is 5.25. The van der Waals surface area contributed by atoms with Gasteiger partial charge < -0.3 is 10.5 Å². The lowest BCUT2D eigenvalue weighted by Gasteiger charge is -2.27. The molecule has 19 heavy (non-hydrogen) atoms. The molecule has 1 aliphatic rings. The van der Waals surface area contributed by atoms with Crippen LogP contribution in [0.3, 0.4) is 0 Å². The number of benzene rings is 1. The Morgan fingerprint density at radius 2 is 2.11 bits per heavy atom. The molecule has 2 rings (SSSR count). The van der Waals surface area contributed by atoms with Crippen LogP contribution in [0.5, 0.6) is 0 Å². The van der Waals surface area contributed by atoms with Crippen LogP contribution < -0.4 is 5.73 Å². The fourth-order valence-corrected chi connectivity index (χ4v) is 2.45. The van der Waals surface area contributed by atoms with Crippen molar-refractivity contribution in [1.82, 2.24) is 4.90 Å². The molecule has 1 aromatic rings. The van der Waals surface area contributed by atoms with Gasteiger partial charge in [0.1, 0.15) is 0 Å². The van der Waals surface area contributed by atoms with Crippen molar-refractivity contribution in [2.75, 3.05) is 20.2 Å². The van der Waals surface area contributed by atoms with E-state index in [0.29, 0.717) is 11.7 Å². The molecular weight excluding hydrogens is 240 g/mol. The highest BCUT2D eigenvalue weighted by molar-refractivity contribution is 5.92. The van der Waals surface area contributed by atoms with Crippen molar-refractivity contribution in [3.63, 3.8) is 0 Å². The van der Waals surface area contributed by atoms with E-state index in [-0.39, 0.29) is 5.91 Å². The zero-order valence-corrected chi connectivity index (χ0v) is 11.5. The first-order valence-electron chi connectivity index (χ1n) is 6.84. The molecule has 0 unspecified atom stereocenters. The first kappa shape index (κ1) is 14.0. The third kappa shape index (κ3) is 4.33. The molecule has 0 saturated carbocycles. The molecule has 0 radical (unpaired) electrons. The van der Waals surface area contributed by atoms with Crippen LogP contribution in [-0.4, -0.2) is 37.1 Å². The smallest absolute Gasteiger partial charge is 0.248 e. The molecule has 1 aromatic carbocycles. The zero-order valence-electron chi connectivity index (χ0n) is 11.5. The number of primary amides is 1. The fourth-order valence-electron chi connectivity index (χ4n) is 2.45. The maximum Gasteiger partial charge on any atom is 0.248 e. The van der Waals surface area contributed by atoms with Crippen LogP contribution in [0.4, 0.5) is 0 Å². The van der Waals surface area contributed by atoms with Crippen molar-refractivity contribution < 1.29 is 9.53 Å². The lowest BCUT2D eigenvalue weighted by atomic mass is 10.1. The summed E-state index contributed by atoms with van der Waals surface area (Å²) in [6, 6.07) is 7.47. The standard InChI is InChI=1S/C15H22N2O2/c1-17(11-14-4-2-3-9-19-14)10-12-5-7-13(8-6-12)15(16)18/h5-8,14H,2-4,9-11H2,1H3,(H2,16,18)/t14-/m1/s1. The summed E-state index contributed by atoms with van der Waals surface area (Å²) < 4.78 is 5.73. The molecule has 4 heteroatoms. The minimum atomic E-state index is -0.379. The number of ether oxygens (including phenoxy) is 1. The number of likely N-dealkylation sites (N-methyl/N-ethyl adjacent to an activating group) is 1. The molecule has 1 atom stereocenters. The Morgan fingerprint density at radius 3 is 2.68 bits per heavy atom. The minimum Gasteiger partial charge on any atom is -0.377 e. The fraction of sp³-hybridized carbons (Fsp3) is 0.533. The summed E-state index contributed by atoms with van der Waals surface area (Å²) in [4.78, 5) is 13.3. The number of nitrogens with zero attached hydrogens (tertiary/aromatic N) is 1. The number of carbonyl (C=O) groups excluding carboxylic acids is 1. The number of hydrogen-bond donors (Lipinski definition) is 1. The van der Waals surface area contributed by atoms with Crippen LogP contribution in [0.25, 0.3) is 0 Å². The summed E-state index contributed by atoms with van der Waals surface area (Å²) in [7, 11) is 2.10. The van der Waals surface area contributed by atoms with E-state index in [1.54, 1.807) is 12.1 Å². The highest BCUT2D eigenvalue weighted by Gasteiger charge is 2.15. The van der Waals surface area contributed by atoms with Gasteiger partial charge in [-0.25, -0.2) is 0 Å². The quantitative estimate of drug-likeness (QED) is 0.880. The normalized spacial score (nSPS) is 19.6. The molecule has 1 amide bonds. The third-order valence-electron chi connectivity index (χ3n) is 3.48. The average Bonchev–Trinajstić information content (AvgIpc) is 2.40. The summed E-state index contributed by atoms with van der Waals surface area (Å²) in [5, 5.41) is 0. The Balaban J connectivity index is 1.83. The van der Waals surface area contributed by atoms with Gasteiger partial charge in [-0.05, 0) is 44.0 Å². The van der Waals surface area contributed by atoms with E-state index in [4.69, 9.17) is 10.5 Å². The Hall–Kier alpha value is -1.39. The highest BCUT2D eigenvalue weighted by atomic mass is 16.5. The molecule has 4 nitrogen and oxygen atoms in total. The predicted octanol–water partition coefficient (Wildman–Crippen LogP) is 1.79. The maximum atomic E-state index is 11.0. The van der Waals surface area contributed by atoms with Crippen LogP contribution in [0.15, 0.2) is 24.3 Å². The second kappa shape index (κ2) is 6.68. The van der Waals surface area contributed by atoms with Crippen LogP contribution >= 0.6 is 0 Å². The van der Waals surface area contributed by atoms with Crippen LogP contribution in [0.1, 0.15) is 35.2 Å². The van der Waals surface area contributed by atoms with E-state index in [9.17, 15) is 4.79 Å². The van der Waals surface area contributed by atoms with Gasteiger partial charge in [0, 0.05) is 25.3 Å². The van der Waals surface area contributed by atoms with Gasteiger partial charge in [0.05, 0.1) is 6.10 Å². The van der Waals surface area contributed by atoms with E-state index in [0.717, 1.165) is 26.1 Å². The number of carbonyl (C=O) groups is 1. The van der Waals surface area contributed by atoms with E-state index >= 15 is 0 Å². The molecule has 104 valence electrons. The van der Waals surface area contributed by atoms with E-state index < -0.39 is 0 Å². The molecular formula is C15H22N2O2. The Kier molecular flexibility index (Phi) is 4.93. The number of nitrogens with two attached hydrogens (primary N) is 1. The lowest BCUT2D eigenvalue weighted by Crippen LogP contribution is -2.33. The molecule has 0 spiro atoms. The van der Waals surface area contributed by atoms with Crippen molar-refractivity contribution in [3.8, 4) is 0 Å². The van der Waals surface area contributed by atoms with Gasteiger partial charge in [0.25, 0.3) is 0 Å². The summed E-state index contributed by atoms with van der Waals surface area (Å²) in [6.07, 6.45) is 3.98. The monoisotopic (exact) mass is 262 g/mol. The van der Waals surface area contributed by atoms with Gasteiger partial charge in [0.2, 0.25) is 5.91 Å². The van der Waals surface area contributed by atoms with Crippen LogP contribution in [0.2, 0.25) is 0 Å². The molecule has 0 bridgehead atoms. The molecule has 1 fully saturated rings. The van der Waals surface area contributed by atoms with Gasteiger partial charge in [-0.15, -0.1) is 0 Å². The molecule has 1 saturated heterocycles. The van der Waals surface area contributed by atoms with Gasteiger partial charge in [-0.3, -0.25) is 9.69 Å². The van der Waals surface area contributed by atoms with Crippen LogP contribution in [0, 0.1) is 0 Å². The predicted molar refractivity (Wildman–Crippen MR) is 74.9 cm³/mol. The van der Waals surface area contributed by atoms with Gasteiger partial charge in [-0.1, -0.05) is 12.1 Å². The van der Waals surface area contributed by atoms with Crippen molar-refractivity contribution >= 4 is 5.91 Å². The Morgan fingerprint density at radius 1 is 1.37 bits per heavy atom. The summed E-state index contributed by atoms with van der Waals surface area (Å²) in [6.45, 7) is 2.71. The van der Waals surface area contributed by atoms with Crippen LogP contribution in [-0.2, 0) is 11.3 Å². The second-order valence-electron chi connectivity index (χ2n) is 5.25. The van der Waals surface area contributed by atoms with E-state index in [1.807, 2.05) is 12.1 Å². The Labute approximate surface area is 114 Å². The van der Waals surface area contributed by atoms with E-state index in [2.05, 4.69) is 11.9 Å². The summed E-state index contributed by atoms with van der Waals surface area (Å²) in [5.41, 5.74) is 6.96. The SMILES string of the molecule is CN(Cc1ccc(C(N)=O)cc1)C[C@H]1CCCCO1. The maximum absolute atomic E-state index is 11.0. The highest BCUT2D eigenvalue weighted by Crippen LogP contribution is 2.14. The topological polar surface area (TPSA) is 55.6 Å². The summed E-state index contributed by atoms with van der Waals surface area (Å²) in [5.74, 6) is -0.379. The lowest BCUT2D eigenvalue weighted by molar-refractivity contribution is -0.00259. The minimum absolute atomic E-state index is 0.364. The number of hydrogen-bond acceptors (Lipinski definition) is 3. The Bertz CT molecular complexity index is 411. The molecule has 1 heterocycles. The van der Waals surface area contributed by atoms with Crippen molar-refractivity contribution in [2.45, 2.75) is 31.9 Å². The van der Waals surface area contributed by atoms with Gasteiger partial charge >= 0.3 is 0 Å². The van der Waals surface area contributed by atoms with Crippen molar-refractivity contribution in [3.05, 3.63) is 35.4 Å². The van der Waals surface area contributed by atoms with Crippen molar-refractivity contribution in [1.29, 1.82) is 0 Å². The largest absolute Gasteiger partial charge is 0.377 e. The van der Waals surface area contributed by atoms with Gasteiger partial charge in [-0.2, -0.15) is 0 Å². The average molecular weight is 262 g/mol. The molecule has 0 aliphatic carbocycles. The molecule has 0 aromatic heterocycles. The van der Waals surface area contributed by atoms with Gasteiger partial charge in [0.15, 0.2) is 0 Å². The van der Waals surface area contributed by atoms with Crippen molar-refractivity contribution in [2.24, 2.45) is 5.73 Å². The third-order valence-corrected chi connectivity index (χ3v) is 3.48. The molecule has 1 aliphatic heterocycles. The van der Waals surface area contributed by atoms with E-state index in [1.165, 1.54) is 18.4 Å². The zero-order chi connectivity index (χ0) is 13.7. The molecule has 2 N–H and O–H groups in total. The summed E-state index contributed by atoms with van der Waals surface area (Å²) >= 11 is 0. The first-order chi connectivity index (χ1) is 9.15. The first-order valence-corrected chi connectivity index (χ1v) is 6.84. The number of amides is 1.